The van der Waals surface area contributed by atoms with Crippen LogP contribution in [-0.2, 0) is 9.59 Å². The maximum atomic E-state index is 11.9. The third kappa shape index (κ3) is 4.34. The molecule has 1 aromatic rings. The van der Waals surface area contributed by atoms with Crippen LogP contribution in [0.4, 0.5) is 0 Å². The van der Waals surface area contributed by atoms with Crippen molar-refractivity contribution in [1.29, 1.82) is 0 Å². The molecule has 0 aliphatic rings. The molecule has 1 heterocycles. The highest BCUT2D eigenvalue weighted by molar-refractivity contribution is 7.12. The van der Waals surface area contributed by atoms with Crippen LogP contribution in [0.2, 0.25) is 0 Å². The molecule has 1 rings (SSSR count). The molecule has 20 heavy (non-hydrogen) atoms. The Morgan fingerprint density at radius 2 is 2.05 bits per heavy atom. The van der Waals surface area contributed by atoms with Crippen molar-refractivity contribution in [3.8, 4) is 0 Å². The fourth-order valence-corrected chi connectivity index (χ4v) is 2.33. The average Bonchev–Trinajstić information content (AvgIpc) is 2.87. The summed E-state index contributed by atoms with van der Waals surface area (Å²) in [4.78, 5) is 36.5. The number of rotatable bonds is 6. The largest absolute Gasteiger partial charge is 0.480 e. The van der Waals surface area contributed by atoms with Crippen LogP contribution < -0.4 is 5.32 Å². The van der Waals surface area contributed by atoms with E-state index < -0.39 is 17.9 Å². The highest BCUT2D eigenvalue weighted by Crippen LogP contribution is 2.11. The summed E-state index contributed by atoms with van der Waals surface area (Å²) < 4.78 is 0. The quantitative estimate of drug-likeness (QED) is 0.821. The number of carbonyl (C=O) groups excluding carboxylic acids is 2. The smallest absolute Gasteiger partial charge is 0.326 e. The van der Waals surface area contributed by atoms with E-state index in [1.54, 1.807) is 31.4 Å². The summed E-state index contributed by atoms with van der Waals surface area (Å²) in [5.74, 6) is -2.06. The standard InChI is InChI=1S/C13H18N2O4S/c1-8(2)11(13(18)19)14-10(16)7-15(3)12(17)9-5-4-6-20-9/h4-6,8,11H,7H2,1-3H3,(H,14,16)(H,18,19)/t11-/m1/s1. The van der Waals surface area contributed by atoms with Gasteiger partial charge in [-0.05, 0) is 17.4 Å². The van der Waals surface area contributed by atoms with Crippen LogP contribution in [0, 0.1) is 5.92 Å². The average molecular weight is 298 g/mol. The van der Waals surface area contributed by atoms with Gasteiger partial charge in [0.2, 0.25) is 5.91 Å². The number of nitrogens with zero attached hydrogens (tertiary/aromatic N) is 1. The highest BCUT2D eigenvalue weighted by atomic mass is 32.1. The molecule has 2 N–H and O–H groups in total. The Balaban J connectivity index is 2.57. The third-order valence-electron chi connectivity index (χ3n) is 2.71. The minimum atomic E-state index is -1.08. The number of carboxylic acids is 1. The molecular formula is C13H18N2O4S. The van der Waals surface area contributed by atoms with Gasteiger partial charge >= 0.3 is 5.97 Å². The summed E-state index contributed by atoms with van der Waals surface area (Å²) >= 11 is 1.29. The molecule has 0 aliphatic heterocycles. The van der Waals surface area contributed by atoms with Gasteiger partial charge in [0, 0.05) is 7.05 Å². The Morgan fingerprint density at radius 3 is 2.50 bits per heavy atom. The zero-order chi connectivity index (χ0) is 15.3. The number of likely N-dealkylation sites (N-methyl/N-ethyl adjacent to an activating group) is 1. The second-order valence-corrected chi connectivity index (χ2v) is 5.71. The second kappa shape index (κ2) is 7.04. The van der Waals surface area contributed by atoms with Gasteiger partial charge in [-0.15, -0.1) is 11.3 Å². The first kappa shape index (κ1) is 16.2. The predicted octanol–water partition coefficient (Wildman–Crippen LogP) is 1.05. The summed E-state index contributed by atoms with van der Waals surface area (Å²) in [6.45, 7) is 3.24. The molecule has 0 saturated heterocycles. The van der Waals surface area contributed by atoms with Crippen molar-refractivity contribution in [1.82, 2.24) is 10.2 Å². The number of aliphatic carboxylic acids is 1. The van der Waals surface area contributed by atoms with Gasteiger partial charge in [-0.1, -0.05) is 19.9 Å². The molecule has 0 radical (unpaired) electrons. The molecule has 7 heteroatoms. The SMILES string of the molecule is CC(C)[C@@H](NC(=O)CN(C)C(=O)c1cccs1)C(=O)O. The van der Waals surface area contributed by atoms with Gasteiger partial charge in [-0.3, -0.25) is 9.59 Å². The van der Waals surface area contributed by atoms with E-state index in [1.807, 2.05) is 0 Å². The van der Waals surface area contributed by atoms with E-state index in [4.69, 9.17) is 5.11 Å². The Hall–Kier alpha value is -1.89. The van der Waals surface area contributed by atoms with E-state index in [0.717, 1.165) is 0 Å². The lowest BCUT2D eigenvalue weighted by Crippen LogP contribution is -2.48. The number of nitrogens with one attached hydrogen (secondary N) is 1. The number of hydrogen-bond acceptors (Lipinski definition) is 4. The molecule has 0 saturated carbocycles. The minimum absolute atomic E-state index is 0.173. The normalized spacial score (nSPS) is 12.0. The van der Waals surface area contributed by atoms with Crippen molar-refractivity contribution in [2.45, 2.75) is 19.9 Å². The lowest BCUT2D eigenvalue weighted by Gasteiger charge is -2.20. The van der Waals surface area contributed by atoms with Crippen molar-refractivity contribution in [3.63, 3.8) is 0 Å². The lowest BCUT2D eigenvalue weighted by molar-refractivity contribution is -0.143. The summed E-state index contributed by atoms with van der Waals surface area (Å²) in [7, 11) is 1.51. The molecule has 2 amide bonds. The van der Waals surface area contributed by atoms with Crippen LogP contribution in [0.3, 0.4) is 0 Å². The molecule has 1 atom stereocenters. The Morgan fingerprint density at radius 1 is 1.40 bits per heavy atom. The van der Waals surface area contributed by atoms with Crippen LogP contribution >= 0.6 is 11.3 Å². The van der Waals surface area contributed by atoms with E-state index in [1.165, 1.54) is 23.3 Å². The number of carbonyl (C=O) groups is 3. The zero-order valence-corrected chi connectivity index (χ0v) is 12.4. The van der Waals surface area contributed by atoms with Crippen molar-refractivity contribution in [3.05, 3.63) is 22.4 Å². The van der Waals surface area contributed by atoms with Crippen LogP contribution in [-0.4, -0.2) is 47.4 Å². The Labute approximate surface area is 121 Å². The van der Waals surface area contributed by atoms with Gasteiger partial charge in [0.25, 0.3) is 5.91 Å². The zero-order valence-electron chi connectivity index (χ0n) is 11.6. The summed E-state index contributed by atoms with van der Waals surface area (Å²) in [6, 6.07) is 2.48. The number of thiophene rings is 1. The van der Waals surface area contributed by atoms with E-state index >= 15 is 0 Å². The van der Waals surface area contributed by atoms with Crippen LogP contribution in [0.15, 0.2) is 17.5 Å². The van der Waals surface area contributed by atoms with E-state index in [2.05, 4.69) is 5.32 Å². The summed E-state index contributed by atoms with van der Waals surface area (Å²) in [6.07, 6.45) is 0. The van der Waals surface area contributed by atoms with Gasteiger partial charge < -0.3 is 15.3 Å². The third-order valence-corrected chi connectivity index (χ3v) is 3.57. The first-order valence-electron chi connectivity index (χ1n) is 6.14. The Kier molecular flexibility index (Phi) is 5.69. The van der Waals surface area contributed by atoms with Crippen molar-refractivity contribution < 1.29 is 19.5 Å². The molecule has 0 aromatic carbocycles. The first-order chi connectivity index (χ1) is 9.32. The lowest BCUT2D eigenvalue weighted by atomic mass is 10.0. The maximum absolute atomic E-state index is 11.9. The fraction of sp³-hybridized carbons (Fsp3) is 0.462. The molecular weight excluding hydrogens is 280 g/mol. The fourth-order valence-electron chi connectivity index (χ4n) is 1.61. The molecule has 6 nitrogen and oxygen atoms in total. The molecule has 0 bridgehead atoms. The maximum Gasteiger partial charge on any atom is 0.326 e. The van der Waals surface area contributed by atoms with Crippen LogP contribution in [0.25, 0.3) is 0 Å². The van der Waals surface area contributed by atoms with Crippen molar-refractivity contribution in [2.24, 2.45) is 5.92 Å². The molecule has 0 fully saturated rings. The van der Waals surface area contributed by atoms with Crippen molar-refractivity contribution >= 4 is 29.1 Å². The van der Waals surface area contributed by atoms with E-state index in [0.29, 0.717) is 4.88 Å². The Bertz CT molecular complexity index is 485. The van der Waals surface area contributed by atoms with Gasteiger partial charge in [0.05, 0.1) is 11.4 Å². The number of hydrogen-bond donors (Lipinski definition) is 2. The van der Waals surface area contributed by atoms with Gasteiger partial charge in [-0.2, -0.15) is 0 Å². The number of carboxylic acid groups (broad SMARTS) is 1. The van der Waals surface area contributed by atoms with Crippen molar-refractivity contribution in [2.75, 3.05) is 13.6 Å². The molecule has 1 aromatic heterocycles. The van der Waals surface area contributed by atoms with Crippen LogP contribution in [0.5, 0.6) is 0 Å². The molecule has 0 aliphatic carbocycles. The second-order valence-electron chi connectivity index (χ2n) is 4.77. The van der Waals surface area contributed by atoms with Gasteiger partial charge in [0.15, 0.2) is 0 Å². The summed E-state index contributed by atoms with van der Waals surface area (Å²) in [5, 5.41) is 13.2. The first-order valence-corrected chi connectivity index (χ1v) is 7.02. The topological polar surface area (TPSA) is 86.7 Å². The molecule has 0 unspecified atom stereocenters. The minimum Gasteiger partial charge on any atom is -0.480 e. The highest BCUT2D eigenvalue weighted by Gasteiger charge is 2.24. The number of amides is 2. The van der Waals surface area contributed by atoms with E-state index in [9.17, 15) is 14.4 Å². The molecule has 0 spiro atoms. The monoisotopic (exact) mass is 298 g/mol. The predicted molar refractivity (Wildman–Crippen MR) is 75.7 cm³/mol. The van der Waals surface area contributed by atoms with Gasteiger partial charge in [0.1, 0.15) is 6.04 Å². The summed E-state index contributed by atoms with van der Waals surface area (Å²) in [5.41, 5.74) is 0. The van der Waals surface area contributed by atoms with Crippen LogP contribution in [0.1, 0.15) is 23.5 Å². The molecule has 110 valence electrons. The van der Waals surface area contributed by atoms with E-state index in [-0.39, 0.29) is 18.4 Å². The van der Waals surface area contributed by atoms with Gasteiger partial charge in [-0.25, -0.2) is 4.79 Å².